The molecule has 0 amide bonds. The highest BCUT2D eigenvalue weighted by molar-refractivity contribution is 8.07. The molecule has 1 aliphatic heterocycles. The molecular formula is C11H23NOS2. The van der Waals surface area contributed by atoms with Gasteiger partial charge >= 0.3 is 0 Å². The first-order chi connectivity index (χ1) is 7.19. The molecule has 4 heteroatoms. The van der Waals surface area contributed by atoms with Gasteiger partial charge in [0.15, 0.2) is 0 Å². The van der Waals surface area contributed by atoms with E-state index in [4.69, 9.17) is 4.74 Å². The van der Waals surface area contributed by atoms with Crippen LogP contribution in [0.2, 0.25) is 0 Å². The molecular weight excluding hydrogens is 226 g/mol. The molecule has 0 aromatic heterocycles. The maximum atomic E-state index is 5.52. The Morgan fingerprint density at radius 2 is 2.13 bits per heavy atom. The summed E-state index contributed by atoms with van der Waals surface area (Å²) in [4.78, 5) is 0. The van der Waals surface area contributed by atoms with Gasteiger partial charge in [-0.1, -0.05) is 13.8 Å². The molecule has 0 bridgehead atoms. The van der Waals surface area contributed by atoms with E-state index < -0.39 is 0 Å². The predicted octanol–water partition coefficient (Wildman–Crippen LogP) is 2.24. The molecule has 0 aromatic rings. The summed E-state index contributed by atoms with van der Waals surface area (Å²) in [5, 5.41) is 5.62. The van der Waals surface area contributed by atoms with Crippen LogP contribution < -0.4 is 5.32 Å². The Bertz CT molecular complexity index is 180. The smallest absolute Gasteiger partial charge is 0.0630 e. The van der Waals surface area contributed by atoms with Crippen molar-refractivity contribution >= 4 is 23.5 Å². The summed E-state index contributed by atoms with van der Waals surface area (Å²) in [5.74, 6) is 1.24. The topological polar surface area (TPSA) is 21.3 Å². The molecule has 4 unspecified atom stereocenters. The predicted molar refractivity (Wildman–Crippen MR) is 72.1 cm³/mol. The minimum atomic E-state index is 0.498. The van der Waals surface area contributed by atoms with Crippen LogP contribution in [-0.2, 0) is 4.74 Å². The molecule has 4 atom stereocenters. The Morgan fingerprint density at radius 3 is 2.67 bits per heavy atom. The molecule has 15 heavy (non-hydrogen) atoms. The summed E-state index contributed by atoms with van der Waals surface area (Å²) < 4.78 is 5.52. The molecule has 1 rings (SSSR count). The molecule has 1 aliphatic rings. The third kappa shape index (κ3) is 4.17. The molecule has 1 N–H and O–H groups in total. The Morgan fingerprint density at radius 1 is 1.40 bits per heavy atom. The number of hydrogen-bond acceptors (Lipinski definition) is 4. The first kappa shape index (κ1) is 13.7. The van der Waals surface area contributed by atoms with Crippen molar-refractivity contribution in [2.24, 2.45) is 0 Å². The summed E-state index contributed by atoms with van der Waals surface area (Å²) in [5.41, 5.74) is 0. The van der Waals surface area contributed by atoms with Gasteiger partial charge in [0.05, 0.1) is 6.61 Å². The maximum Gasteiger partial charge on any atom is 0.0630 e. The monoisotopic (exact) mass is 249 g/mol. The highest BCUT2D eigenvalue weighted by Crippen LogP contribution is 2.36. The van der Waals surface area contributed by atoms with E-state index in [1.54, 1.807) is 0 Å². The second-order valence-electron chi connectivity index (χ2n) is 3.97. The first-order valence-corrected chi connectivity index (χ1v) is 7.70. The number of ether oxygens (including phenoxy) is 1. The van der Waals surface area contributed by atoms with Crippen LogP contribution in [-0.4, -0.2) is 47.8 Å². The van der Waals surface area contributed by atoms with E-state index in [9.17, 15) is 0 Å². The van der Waals surface area contributed by atoms with E-state index in [1.165, 1.54) is 5.75 Å². The molecule has 0 saturated carbocycles. The van der Waals surface area contributed by atoms with Gasteiger partial charge < -0.3 is 10.1 Å². The van der Waals surface area contributed by atoms with Gasteiger partial charge in [0.1, 0.15) is 0 Å². The van der Waals surface area contributed by atoms with Gasteiger partial charge in [-0.15, -0.1) is 0 Å². The van der Waals surface area contributed by atoms with Gasteiger partial charge in [0, 0.05) is 34.2 Å². The van der Waals surface area contributed by atoms with Crippen LogP contribution in [0.5, 0.6) is 0 Å². The average molecular weight is 249 g/mol. The van der Waals surface area contributed by atoms with Crippen molar-refractivity contribution in [1.29, 1.82) is 0 Å². The van der Waals surface area contributed by atoms with E-state index in [0.29, 0.717) is 11.3 Å². The molecule has 1 heterocycles. The molecule has 2 nitrogen and oxygen atoms in total. The number of hydrogen-bond donors (Lipinski definition) is 1. The second kappa shape index (κ2) is 7.05. The summed E-state index contributed by atoms with van der Waals surface area (Å²) >= 11 is 4.21. The van der Waals surface area contributed by atoms with Crippen molar-refractivity contribution in [1.82, 2.24) is 5.32 Å². The van der Waals surface area contributed by atoms with E-state index in [2.05, 4.69) is 49.6 Å². The third-order valence-electron chi connectivity index (χ3n) is 2.89. The fraction of sp³-hybridized carbons (Fsp3) is 1.00. The van der Waals surface area contributed by atoms with Gasteiger partial charge in [-0.3, -0.25) is 0 Å². The summed E-state index contributed by atoms with van der Waals surface area (Å²) in [7, 11) is 2.04. The largest absolute Gasteiger partial charge is 0.380 e. The number of rotatable bonds is 5. The lowest BCUT2D eigenvalue weighted by Gasteiger charge is -2.35. The Kier molecular flexibility index (Phi) is 6.43. The normalized spacial score (nSPS) is 34.0. The summed E-state index contributed by atoms with van der Waals surface area (Å²) in [6, 6.07) is 0.498. The number of nitrogens with one attached hydrogen (secondary N) is 1. The van der Waals surface area contributed by atoms with Gasteiger partial charge in [-0.2, -0.15) is 23.5 Å². The molecule has 0 radical (unpaired) electrons. The van der Waals surface area contributed by atoms with Crippen LogP contribution in [0.4, 0.5) is 0 Å². The Hall–Kier alpha value is 0.620. The summed E-state index contributed by atoms with van der Waals surface area (Å²) in [6.45, 7) is 8.37. The van der Waals surface area contributed by atoms with E-state index in [-0.39, 0.29) is 0 Å². The lowest BCUT2D eigenvalue weighted by atomic mass is 10.2. The van der Waals surface area contributed by atoms with Gasteiger partial charge in [-0.25, -0.2) is 0 Å². The Labute approximate surface area is 102 Å². The van der Waals surface area contributed by atoms with Crippen molar-refractivity contribution in [2.45, 2.75) is 42.6 Å². The minimum absolute atomic E-state index is 0.498. The van der Waals surface area contributed by atoms with Crippen molar-refractivity contribution in [3.8, 4) is 0 Å². The second-order valence-corrected chi connectivity index (χ2v) is 7.00. The van der Waals surface area contributed by atoms with Crippen LogP contribution in [0.1, 0.15) is 20.8 Å². The van der Waals surface area contributed by atoms with Crippen molar-refractivity contribution in [2.75, 3.05) is 26.0 Å². The molecule has 0 spiro atoms. The minimum Gasteiger partial charge on any atom is -0.380 e. The lowest BCUT2D eigenvalue weighted by molar-refractivity contribution is 0.125. The highest BCUT2D eigenvalue weighted by atomic mass is 32.2. The maximum absolute atomic E-state index is 5.52. The van der Waals surface area contributed by atoms with Crippen LogP contribution in [0.3, 0.4) is 0 Å². The van der Waals surface area contributed by atoms with E-state index in [1.807, 2.05) is 7.05 Å². The standard InChI is InChI=1S/C11H23NOS2/c1-5-13-6-10(12-4)11-7-14-8(2)9(3)15-11/h8-12H,5-7H2,1-4H3. The average Bonchev–Trinajstić information content (AvgIpc) is 2.24. The van der Waals surface area contributed by atoms with Crippen LogP contribution >= 0.6 is 23.5 Å². The summed E-state index contributed by atoms with van der Waals surface area (Å²) in [6.07, 6.45) is 0. The molecule has 1 fully saturated rings. The van der Waals surface area contributed by atoms with Crippen LogP contribution in [0.25, 0.3) is 0 Å². The molecule has 1 saturated heterocycles. The molecule has 90 valence electrons. The van der Waals surface area contributed by atoms with Crippen LogP contribution in [0.15, 0.2) is 0 Å². The number of thioether (sulfide) groups is 2. The van der Waals surface area contributed by atoms with Gasteiger partial charge in [0.25, 0.3) is 0 Å². The zero-order valence-corrected chi connectivity index (χ0v) is 11.8. The fourth-order valence-corrected chi connectivity index (χ4v) is 4.79. The zero-order chi connectivity index (χ0) is 11.3. The van der Waals surface area contributed by atoms with Crippen molar-refractivity contribution in [3.05, 3.63) is 0 Å². The van der Waals surface area contributed by atoms with Crippen LogP contribution in [0, 0.1) is 0 Å². The van der Waals surface area contributed by atoms with Gasteiger partial charge in [0.2, 0.25) is 0 Å². The third-order valence-corrected chi connectivity index (χ3v) is 6.45. The molecule has 0 aliphatic carbocycles. The highest BCUT2D eigenvalue weighted by Gasteiger charge is 2.30. The first-order valence-electron chi connectivity index (χ1n) is 5.71. The number of likely N-dealkylation sites (N-methyl/N-ethyl adjacent to an activating group) is 1. The van der Waals surface area contributed by atoms with E-state index >= 15 is 0 Å². The quantitative estimate of drug-likeness (QED) is 0.806. The van der Waals surface area contributed by atoms with Crippen molar-refractivity contribution < 1.29 is 4.74 Å². The fourth-order valence-electron chi connectivity index (χ4n) is 1.64. The zero-order valence-electron chi connectivity index (χ0n) is 10.2. The van der Waals surface area contributed by atoms with Gasteiger partial charge in [-0.05, 0) is 14.0 Å². The molecule has 0 aromatic carbocycles. The van der Waals surface area contributed by atoms with Crippen molar-refractivity contribution in [3.63, 3.8) is 0 Å². The Balaban J connectivity index is 2.39. The lowest BCUT2D eigenvalue weighted by Crippen LogP contribution is -2.44. The van der Waals surface area contributed by atoms with E-state index in [0.717, 1.165) is 23.7 Å². The SMILES string of the molecule is CCOCC(NC)C1CSC(C)C(C)S1.